The highest BCUT2D eigenvalue weighted by atomic mass is 16.2. The summed E-state index contributed by atoms with van der Waals surface area (Å²) in [6.07, 6.45) is 11.5. The SMILES string of the molecule is O=C1CCCN1CCC1CCCCN1C(=O)c1cnc(C2CC2)nc1. The molecule has 6 nitrogen and oxygen atoms in total. The van der Waals surface area contributed by atoms with Crippen LogP contribution in [0.2, 0.25) is 0 Å². The van der Waals surface area contributed by atoms with Crippen LogP contribution in [0.25, 0.3) is 0 Å². The summed E-state index contributed by atoms with van der Waals surface area (Å²) in [5.74, 6) is 1.68. The van der Waals surface area contributed by atoms with Gasteiger partial charge in [-0.2, -0.15) is 0 Å². The average Bonchev–Trinajstić information content (AvgIpc) is 3.42. The van der Waals surface area contributed by atoms with Crippen molar-refractivity contribution in [2.45, 2.75) is 63.3 Å². The monoisotopic (exact) mass is 342 g/mol. The average molecular weight is 342 g/mol. The smallest absolute Gasteiger partial charge is 0.257 e. The van der Waals surface area contributed by atoms with Gasteiger partial charge in [-0.3, -0.25) is 9.59 Å². The predicted molar refractivity (Wildman–Crippen MR) is 93.1 cm³/mol. The number of aromatic nitrogens is 2. The van der Waals surface area contributed by atoms with Crippen LogP contribution in [0.3, 0.4) is 0 Å². The topological polar surface area (TPSA) is 66.4 Å². The lowest BCUT2D eigenvalue weighted by atomic mass is 9.98. The number of rotatable bonds is 5. The molecule has 1 aliphatic carbocycles. The van der Waals surface area contributed by atoms with Crippen LogP contribution < -0.4 is 0 Å². The summed E-state index contributed by atoms with van der Waals surface area (Å²) in [5.41, 5.74) is 0.591. The first kappa shape index (κ1) is 16.5. The van der Waals surface area contributed by atoms with Crippen molar-refractivity contribution in [3.05, 3.63) is 23.8 Å². The molecular formula is C19H26N4O2. The number of hydrogen-bond acceptors (Lipinski definition) is 4. The van der Waals surface area contributed by atoms with Gasteiger partial charge in [0.1, 0.15) is 5.82 Å². The zero-order valence-electron chi connectivity index (χ0n) is 14.7. The Kier molecular flexibility index (Phi) is 4.68. The number of amides is 2. The van der Waals surface area contributed by atoms with Gasteiger partial charge in [-0.05, 0) is 44.9 Å². The van der Waals surface area contributed by atoms with E-state index in [2.05, 4.69) is 9.97 Å². The summed E-state index contributed by atoms with van der Waals surface area (Å²) in [7, 11) is 0. The molecule has 3 heterocycles. The molecule has 1 atom stereocenters. The summed E-state index contributed by atoms with van der Waals surface area (Å²) in [4.78, 5) is 37.5. The van der Waals surface area contributed by atoms with Crippen LogP contribution >= 0.6 is 0 Å². The van der Waals surface area contributed by atoms with E-state index in [1.807, 2.05) is 9.80 Å². The lowest BCUT2D eigenvalue weighted by Gasteiger charge is -2.36. The van der Waals surface area contributed by atoms with Crippen LogP contribution in [-0.4, -0.2) is 57.3 Å². The lowest BCUT2D eigenvalue weighted by molar-refractivity contribution is -0.127. The van der Waals surface area contributed by atoms with Gasteiger partial charge in [0, 0.05) is 50.4 Å². The molecular weight excluding hydrogens is 316 g/mol. The third kappa shape index (κ3) is 3.67. The minimum absolute atomic E-state index is 0.0415. The van der Waals surface area contributed by atoms with Gasteiger partial charge in [0.15, 0.2) is 0 Å². The number of carbonyl (C=O) groups excluding carboxylic acids is 2. The Hall–Kier alpha value is -1.98. The first-order chi connectivity index (χ1) is 12.2. The van der Waals surface area contributed by atoms with Gasteiger partial charge in [-0.1, -0.05) is 0 Å². The van der Waals surface area contributed by atoms with Crippen molar-refractivity contribution in [1.82, 2.24) is 19.8 Å². The minimum Gasteiger partial charge on any atom is -0.343 e. The van der Waals surface area contributed by atoms with E-state index in [9.17, 15) is 9.59 Å². The maximum Gasteiger partial charge on any atom is 0.257 e. The Morgan fingerprint density at radius 1 is 1.08 bits per heavy atom. The standard InChI is InChI=1S/C19H26N4O2/c24-17-5-3-9-22(17)11-8-16-4-1-2-10-23(16)19(25)15-12-20-18(21-13-15)14-6-7-14/h12-14,16H,1-11H2. The van der Waals surface area contributed by atoms with Crippen LogP contribution in [0.5, 0.6) is 0 Å². The second kappa shape index (κ2) is 7.10. The molecule has 0 bridgehead atoms. The summed E-state index contributed by atoms with van der Waals surface area (Å²) < 4.78 is 0. The molecule has 6 heteroatoms. The zero-order valence-corrected chi connectivity index (χ0v) is 14.7. The van der Waals surface area contributed by atoms with Crippen LogP contribution in [0, 0.1) is 0 Å². The van der Waals surface area contributed by atoms with Crippen LogP contribution in [0.1, 0.15) is 73.5 Å². The predicted octanol–water partition coefficient (Wildman–Crippen LogP) is 2.36. The summed E-state index contributed by atoms with van der Waals surface area (Å²) in [6, 6.07) is 0.220. The van der Waals surface area contributed by atoms with Crippen LogP contribution in [-0.2, 0) is 4.79 Å². The normalized spacial score (nSPS) is 24.0. The zero-order chi connectivity index (χ0) is 17.2. The second-order valence-electron chi connectivity index (χ2n) is 7.53. The fourth-order valence-corrected chi connectivity index (χ4v) is 3.98. The van der Waals surface area contributed by atoms with Gasteiger partial charge in [0.05, 0.1) is 5.56 Å². The van der Waals surface area contributed by atoms with E-state index < -0.39 is 0 Å². The molecule has 4 rings (SSSR count). The molecule has 1 unspecified atom stereocenters. The van der Waals surface area contributed by atoms with E-state index >= 15 is 0 Å². The molecule has 1 saturated carbocycles. The molecule has 1 aromatic rings. The van der Waals surface area contributed by atoms with Gasteiger partial charge in [-0.25, -0.2) is 9.97 Å². The quantitative estimate of drug-likeness (QED) is 0.824. The van der Waals surface area contributed by atoms with E-state index in [0.29, 0.717) is 17.9 Å². The first-order valence-corrected chi connectivity index (χ1v) is 9.63. The number of likely N-dealkylation sites (tertiary alicyclic amines) is 2. The van der Waals surface area contributed by atoms with Gasteiger partial charge in [0.2, 0.25) is 5.91 Å². The fourth-order valence-electron chi connectivity index (χ4n) is 3.98. The van der Waals surface area contributed by atoms with Crippen molar-refractivity contribution in [2.75, 3.05) is 19.6 Å². The lowest BCUT2D eigenvalue weighted by Crippen LogP contribution is -2.45. The highest BCUT2D eigenvalue weighted by Gasteiger charge is 2.30. The maximum atomic E-state index is 12.9. The highest BCUT2D eigenvalue weighted by Crippen LogP contribution is 2.37. The van der Waals surface area contributed by atoms with Crippen LogP contribution in [0.4, 0.5) is 0 Å². The summed E-state index contributed by atoms with van der Waals surface area (Å²) in [6.45, 7) is 2.43. The summed E-state index contributed by atoms with van der Waals surface area (Å²) >= 11 is 0. The van der Waals surface area contributed by atoms with Crippen molar-refractivity contribution < 1.29 is 9.59 Å². The third-order valence-electron chi connectivity index (χ3n) is 5.65. The maximum absolute atomic E-state index is 12.9. The molecule has 2 saturated heterocycles. The highest BCUT2D eigenvalue weighted by molar-refractivity contribution is 5.93. The molecule has 2 amide bonds. The molecule has 25 heavy (non-hydrogen) atoms. The molecule has 3 aliphatic rings. The van der Waals surface area contributed by atoms with Crippen LogP contribution in [0.15, 0.2) is 12.4 Å². The van der Waals surface area contributed by atoms with Crippen molar-refractivity contribution >= 4 is 11.8 Å². The minimum atomic E-state index is 0.0415. The molecule has 0 aromatic carbocycles. The Balaban J connectivity index is 1.40. The summed E-state index contributed by atoms with van der Waals surface area (Å²) in [5, 5.41) is 0. The molecule has 1 aromatic heterocycles. The molecule has 0 N–H and O–H groups in total. The Bertz CT molecular complexity index is 641. The van der Waals surface area contributed by atoms with Gasteiger partial charge in [-0.15, -0.1) is 0 Å². The van der Waals surface area contributed by atoms with Crippen molar-refractivity contribution in [2.24, 2.45) is 0 Å². The van der Waals surface area contributed by atoms with Gasteiger partial charge < -0.3 is 9.80 Å². The van der Waals surface area contributed by atoms with Gasteiger partial charge >= 0.3 is 0 Å². The molecule has 2 aliphatic heterocycles. The largest absolute Gasteiger partial charge is 0.343 e. The number of piperidine rings is 1. The van der Waals surface area contributed by atoms with E-state index in [-0.39, 0.29) is 17.9 Å². The van der Waals surface area contributed by atoms with E-state index in [4.69, 9.17) is 0 Å². The Morgan fingerprint density at radius 2 is 1.88 bits per heavy atom. The van der Waals surface area contributed by atoms with Crippen molar-refractivity contribution in [3.8, 4) is 0 Å². The Morgan fingerprint density at radius 3 is 2.56 bits per heavy atom. The van der Waals surface area contributed by atoms with Crippen molar-refractivity contribution in [1.29, 1.82) is 0 Å². The first-order valence-electron chi connectivity index (χ1n) is 9.63. The number of nitrogens with zero attached hydrogens (tertiary/aromatic N) is 4. The van der Waals surface area contributed by atoms with Gasteiger partial charge in [0.25, 0.3) is 5.91 Å². The number of carbonyl (C=O) groups is 2. The molecule has 3 fully saturated rings. The number of hydrogen-bond donors (Lipinski definition) is 0. The molecule has 0 spiro atoms. The van der Waals surface area contributed by atoms with E-state index in [1.54, 1.807) is 12.4 Å². The van der Waals surface area contributed by atoms with Crippen molar-refractivity contribution in [3.63, 3.8) is 0 Å². The van der Waals surface area contributed by atoms with E-state index in [1.165, 1.54) is 0 Å². The second-order valence-corrected chi connectivity index (χ2v) is 7.53. The molecule has 0 radical (unpaired) electrons. The fraction of sp³-hybridized carbons (Fsp3) is 0.684. The third-order valence-corrected chi connectivity index (χ3v) is 5.65. The van der Waals surface area contributed by atoms with E-state index in [0.717, 1.165) is 70.4 Å². The Labute approximate surface area is 148 Å². The molecule has 134 valence electrons.